The van der Waals surface area contributed by atoms with Gasteiger partial charge in [-0.15, -0.1) is 0 Å². The Bertz CT molecular complexity index is 896. The molecule has 1 fully saturated rings. The molecule has 33 heavy (non-hydrogen) atoms. The Hall–Kier alpha value is -3.09. The molecule has 0 radical (unpaired) electrons. The first-order valence-corrected chi connectivity index (χ1v) is 11.8. The second-order valence-corrected chi connectivity index (χ2v) is 8.79. The molecule has 6 nitrogen and oxygen atoms in total. The Labute approximate surface area is 195 Å². The number of benzene rings is 2. The Morgan fingerprint density at radius 3 is 2.27 bits per heavy atom. The largest absolute Gasteiger partial charge is 0.508 e. The van der Waals surface area contributed by atoms with Crippen LogP contribution in [0.4, 0.5) is 10.1 Å². The SMILES string of the molecule is CC(C(=O)NCC(C(=O)NCCNc1ccc(F)cc1)C1CCCCC1)c1ccc(O)cc1. The Balaban J connectivity index is 1.52. The van der Waals surface area contributed by atoms with Gasteiger partial charge in [0.25, 0.3) is 0 Å². The number of carbonyl (C=O) groups is 2. The van der Waals surface area contributed by atoms with E-state index in [1.165, 1.54) is 18.6 Å². The topological polar surface area (TPSA) is 90.5 Å². The first-order valence-electron chi connectivity index (χ1n) is 11.8. The van der Waals surface area contributed by atoms with Crippen LogP contribution in [-0.2, 0) is 9.59 Å². The van der Waals surface area contributed by atoms with Crippen LogP contribution in [0, 0.1) is 17.7 Å². The number of carbonyl (C=O) groups excluding carboxylic acids is 2. The zero-order valence-corrected chi connectivity index (χ0v) is 19.1. The van der Waals surface area contributed by atoms with Crippen LogP contribution in [0.1, 0.15) is 50.5 Å². The van der Waals surface area contributed by atoms with Crippen LogP contribution < -0.4 is 16.0 Å². The van der Waals surface area contributed by atoms with Gasteiger partial charge in [-0.1, -0.05) is 31.4 Å². The number of hydrogen-bond donors (Lipinski definition) is 4. The molecule has 0 aromatic heterocycles. The number of halogens is 1. The van der Waals surface area contributed by atoms with E-state index in [-0.39, 0.29) is 41.1 Å². The summed E-state index contributed by atoms with van der Waals surface area (Å²) in [5, 5.41) is 18.6. The lowest BCUT2D eigenvalue weighted by molar-refractivity contribution is -0.127. The quantitative estimate of drug-likeness (QED) is 0.405. The molecule has 1 aliphatic carbocycles. The summed E-state index contributed by atoms with van der Waals surface area (Å²) in [6.45, 7) is 3.10. The van der Waals surface area contributed by atoms with E-state index in [4.69, 9.17) is 0 Å². The van der Waals surface area contributed by atoms with Gasteiger partial charge < -0.3 is 21.1 Å². The van der Waals surface area contributed by atoms with Crippen molar-refractivity contribution in [3.8, 4) is 5.75 Å². The highest BCUT2D eigenvalue weighted by molar-refractivity contribution is 5.84. The average molecular weight is 456 g/mol. The van der Waals surface area contributed by atoms with Crippen LogP contribution in [-0.4, -0.2) is 36.6 Å². The number of phenols is 1. The van der Waals surface area contributed by atoms with Gasteiger partial charge in [0.05, 0.1) is 11.8 Å². The molecule has 2 aromatic carbocycles. The van der Waals surface area contributed by atoms with Gasteiger partial charge in [0.1, 0.15) is 11.6 Å². The smallest absolute Gasteiger partial charge is 0.227 e. The van der Waals surface area contributed by atoms with E-state index in [1.54, 1.807) is 36.4 Å². The molecule has 178 valence electrons. The molecular weight excluding hydrogens is 421 g/mol. The fourth-order valence-electron chi connectivity index (χ4n) is 4.38. The minimum absolute atomic E-state index is 0.0413. The number of nitrogens with one attached hydrogen (secondary N) is 3. The van der Waals surface area contributed by atoms with E-state index in [0.29, 0.717) is 19.6 Å². The molecule has 0 aliphatic heterocycles. The van der Waals surface area contributed by atoms with Crippen molar-refractivity contribution >= 4 is 17.5 Å². The average Bonchev–Trinajstić information content (AvgIpc) is 2.83. The van der Waals surface area contributed by atoms with Crippen LogP contribution >= 0.6 is 0 Å². The fourth-order valence-corrected chi connectivity index (χ4v) is 4.38. The van der Waals surface area contributed by atoms with Gasteiger partial charge in [0, 0.05) is 25.3 Å². The van der Waals surface area contributed by atoms with Gasteiger partial charge in [-0.25, -0.2) is 4.39 Å². The third-order valence-electron chi connectivity index (χ3n) is 6.44. The van der Waals surface area contributed by atoms with Crippen molar-refractivity contribution < 1.29 is 19.1 Å². The predicted molar refractivity (Wildman–Crippen MR) is 127 cm³/mol. The maximum atomic E-state index is 13.0. The maximum Gasteiger partial charge on any atom is 0.227 e. The zero-order valence-electron chi connectivity index (χ0n) is 19.1. The van der Waals surface area contributed by atoms with E-state index < -0.39 is 0 Å². The van der Waals surface area contributed by atoms with Crippen molar-refractivity contribution in [3.05, 3.63) is 59.9 Å². The lowest BCUT2D eigenvalue weighted by Crippen LogP contribution is -2.44. The number of rotatable bonds is 10. The normalized spacial score (nSPS) is 15.9. The Kier molecular flexibility index (Phi) is 9.10. The molecule has 0 heterocycles. The molecule has 3 rings (SSSR count). The summed E-state index contributed by atoms with van der Waals surface area (Å²) in [5.41, 5.74) is 1.61. The third kappa shape index (κ3) is 7.48. The molecule has 1 aliphatic rings. The van der Waals surface area contributed by atoms with Crippen molar-refractivity contribution in [1.82, 2.24) is 10.6 Å². The summed E-state index contributed by atoms with van der Waals surface area (Å²) in [7, 11) is 0. The van der Waals surface area contributed by atoms with Crippen molar-refractivity contribution in [3.63, 3.8) is 0 Å². The minimum atomic E-state index is -0.374. The minimum Gasteiger partial charge on any atom is -0.508 e. The van der Waals surface area contributed by atoms with Gasteiger partial charge in [0.2, 0.25) is 11.8 Å². The van der Waals surface area contributed by atoms with Crippen LogP contribution in [0.15, 0.2) is 48.5 Å². The molecule has 2 amide bonds. The second-order valence-electron chi connectivity index (χ2n) is 8.79. The van der Waals surface area contributed by atoms with Gasteiger partial charge in [-0.2, -0.15) is 0 Å². The predicted octanol–water partition coefficient (Wildman–Crippen LogP) is 4.18. The highest BCUT2D eigenvalue weighted by atomic mass is 19.1. The molecule has 4 N–H and O–H groups in total. The third-order valence-corrected chi connectivity index (χ3v) is 6.44. The molecule has 2 unspecified atom stereocenters. The van der Waals surface area contributed by atoms with Gasteiger partial charge in [-0.3, -0.25) is 9.59 Å². The highest BCUT2D eigenvalue weighted by Crippen LogP contribution is 2.30. The summed E-state index contributed by atoms with van der Waals surface area (Å²) < 4.78 is 13.0. The monoisotopic (exact) mass is 455 g/mol. The lowest BCUT2D eigenvalue weighted by Gasteiger charge is -2.30. The van der Waals surface area contributed by atoms with E-state index in [0.717, 1.165) is 36.9 Å². The molecule has 2 aromatic rings. The van der Waals surface area contributed by atoms with Crippen molar-refractivity contribution in [2.45, 2.75) is 44.9 Å². The summed E-state index contributed by atoms with van der Waals surface area (Å²) in [6.07, 6.45) is 5.40. The lowest BCUT2D eigenvalue weighted by atomic mass is 9.79. The number of aromatic hydroxyl groups is 1. The molecule has 7 heteroatoms. The van der Waals surface area contributed by atoms with E-state index in [9.17, 15) is 19.1 Å². The molecule has 1 saturated carbocycles. The molecule has 2 atom stereocenters. The number of amides is 2. The number of anilines is 1. The number of hydrogen-bond acceptors (Lipinski definition) is 4. The zero-order chi connectivity index (χ0) is 23.6. The van der Waals surface area contributed by atoms with Gasteiger partial charge in [-0.05, 0) is 67.6 Å². The summed E-state index contributed by atoms with van der Waals surface area (Å²) >= 11 is 0. The van der Waals surface area contributed by atoms with Crippen LogP contribution in [0.3, 0.4) is 0 Å². The van der Waals surface area contributed by atoms with Crippen molar-refractivity contribution in [2.24, 2.45) is 11.8 Å². The molecular formula is C26H34FN3O3. The van der Waals surface area contributed by atoms with Crippen LogP contribution in [0.2, 0.25) is 0 Å². The van der Waals surface area contributed by atoms with E-state index in [1.807, 2.05) is 6.92 Å². The summed E-state index contributed by atoms with van der Waals surface area (Å²) in [6, 6.07) is 12.7. The molecule has 0 spiro atoms. The standard InChI is InChI=1S/C26H34FN3O3/c1-18(19-7-13-23(31)14-8-19)25(32)30-17-24(20-5-3-2-4-6-20)26(33)29-16-15-28-22-11-9-21(27)10-12-22/h7-14,18,20,24,28,31H,2-6,15-17H2,1H3,(H,29,33)(H,30,32). The first-order chi connectivity index (χ1) is 15.9. The highest BCUT2D eigenvalue weighted by Gasteiger charge is 2.30. The maximum absolute atomic E-state index is 13.0. The molecule has 0 bridgehead atoms. The van der Waals surface area contributed by atoms with Gasteiger partial charge in [0.15, 0.2) is 0 Å². The van der Waals surface area contributed by atoms with E-state index in [2.05, 4.69) is 16.0 Å². The number of phenolic OH excluding ortho intramolecular Hbond substituents is 1. The van der Waals surface area contributed by atoms with Crippen molar-refractivity contribution in [1.29, 1.82) is 0 Å². The Morgan fingerprint density at radius 1 is 0.939 bits per heavy atom. The Morgan fingerprint density at radius 2 is 1.61 bits per heavy atom. The van der Waals surface area contributed by atoms with Crippen LogP contribution in [0.25, 0.3) is 0 Å². The van der Waals surface area contributed by atoms with Crippen molar-refractivity contribution in [2.75, 3.05) is 25.0 Å². The summed E-state index contributed by atoms with van der Waals surface area (Å²) in [4.78, 5) is 25.8. The van der Waals surface area contributed by atoms with E-state index >= 15 is 0 Å². The first kappa shape index (κ1) is 24.6. The summed E-state index contributed by atoms with van der Waals surface area (Å²) in [5.74, 6) is -0.686. The van der Waals surface area contributed by atoms with Gasteiger partial charge >= 0.3 is 0 Å². The second kappa shape index (κ2) is 12.2. The van der Waals surface area contributed by atoms with Crippen LogP contribution in [0.5, 0.6) is 5.75 Å². The molecule has 0 saturated heterocycles. The fraction of sp³-hybridized carbons (Fsp3) is 0.462.